The van der Waals surface area contributed by atoms with E-state index in [0.29, 0.717) is 30.3 Å². The zero-order valence-corrected chi connectivity index (χ0v) is 13.8. The first kappa shape index (κ1) is 15.1. The lowest BCUT2D eigenvalue weighted by Crippen LogP contribution is -2.38. The van der Waals surface area contributed by atoms with Crippen molar-refractivity contribution in [3.63, 3.8) is 0 Å². The summed E-state index contributed by atoms with van der Waals surface area (Å²) >= 11 is 0. The van der Waals surface area contributed by atoms with Crippen molar-refractivity contribution in [2.45, 2.75) is 32.4 Å². The Hall–Kier alpha value is -2.50. The second kappa shape index (κ2) is 6.19. The first-order valence-electron chi connectivity index (χ1n) is 8.40. The van der Waals surface area contributed by atoms with Crippen LogP contribution in [0.5, 0.6) is 11.5 Å². The number of ether oxygens (including phenoxy) is 2. The van der Waals surface area contributed by atoms with E-state index >= 15 is 0 Å². The minimum atomic E-state index is 0.0540. The smallest absolute Gasteiger partial charge is 0.254 e. The van der Waals surface area contributed by atoms with Crippen LogP contribution in [-0.4, -0.2) is 46.4 Å². The molecule has 6 heteroatoms. The molecule has 4 rings (SSSR count). The highest BCUT2D eigenvalue weighted by Crippen LogP contribution is 2.32. The highest BCUT2D eigenvalue weighted by Gasteiger charge is 2.30. The molecule has 126 valence electrons. The average Bonchev–Trinajstić information content (AvgIpc) is 3.23. The van der Waals surface area contributed by atoms with Crippen LogP contribution >= 0.6 is 0 Å². The van der Waals surface area contributed by atoms with E-state index in [2.05, 4.69) is 5.10 Å². The molecule has 2 aliphatic rings. The molecule has 0 unspecified atom stereocenters. The van der Waals surface area contributed by atoms with E-state index in [0.717, 1.165) is 31.5 Å². The van der Waals surface area contributed by atoms with Gasteiger partial charge in [-0.3, -0.25) is 9.48 Å². The number of likely N-dealkylation sites (tertiary alicyclic amines) is 1. The molecule has 6 nitrogen and oxygen atoms in total. The molecule has 0 radical (unpaired) electrons. The highest BCUT2D eigenvalue weighted by molar-refractivity contribution is 5.95. The average molecular weight is 327 g/mol. The number of rotatable bonds is 3. The normalized spacial score (nSPS) is 19.5. The minimum Gasteiger partial charge on any atom is -0.486 e. The van der Waals surface area contributed by atoms with E-state index in [4.69, 9.17) is 9.47 Å². The Bertz CT molecular complexity index is 756. The summed E-state index contributed by atoms with van der Waals surface area (Å²) in [6.07, 6.45) is 5.91. The standard InChI is InChI=1S/C18H21N3O3/c1-13-10-19-20(11-13)12-15-3-2-6-21(15)18(22)14-4-5-16-17(9-14)24-8-7-23-16/h4-5,9-11,15H,2-3,6-8,12H2,1H3/t15-/m0/s1. The van der Waals surface area contributed by atoms with Gasteiger partial charge in [-0.05, 0) is 43.5 Å². The summed E-state index contributed by atoms with van der Waals surface area (Å²) in [7, 11) is 0. The molecule has 2 aliphatic heterocycles. The largest absolute Gasteiger partial charge is 0.486 e. The molecule has 2 aromatic rings. The Kier molecular flexibility index (Phi) is 3.88. The maximum Gasteiger partial charge on any atom is 0.254 e. The lowest BCUT2D eigenvalue weighted by Gasteiger charge is -2.25. The van der Waals surface area contributed by atoms with E-state index in [1.807, 2.05) is 41.0 Å². The summed E-state index contributed by atoms with van der Waals surface area (Å²) in [5.41, 5.74) is 1.79. The van der Waals surface area contributed by atoms with Gasteiger partial charge in [-0.15, -0.1) is 0 Å². The van der Waals surface area contributed by atoms with Crippen LogP contribution < -0.4 is 9.47 Å². The van der Waals surface area contributed by atoms with Gasteiger partial charge in [0.1, 0.15) is 13.2 Å². The van der Waals surface area contributed by atoms with Crippen molar-refractivity contribution in [3.8, 4) is 11.5 Å². The van der Waals surface area contributed by atoms with Gasteiger partial charge >= 0.3 is 0 Å². The number of nitrogens with zero attached hydrogens (tertiary/aromatic N) is 3. The summed E-state index contributed by atoms with van der Waals surface area (Å²) in [6, 6.07) is 5.63. The Balaban J connectivity index is 1.52. The second-order valence-corrected chi connectivity index (χ2v) is 6.39. The number of fused-ring (bicyclic) bond motifs is 1. The van der Waals surface area contributed by atoms with Crippen molar-refractivity contribution < 1.29 is 14.3 Å². The van der Waals surface area contributed by atoms with Crippen molar-refractivity contribution in [2.24, 2.45) is 0 Å². The molecule has 3 heterocycles. The topological polar surface area (TPSA) is 56.6 Å². The summed E-state index contributed by atoms with van der Waals surface area (Å²) in [5.74, 6) is 1.42. The molecular formula is C18H21N3O3. The van der Waals surface area contributed by atoms with Crippen molar-refractivity contribution in [1.82, 2.24) is 14.7 Å². The zero-order valence-electron chi connectivity index (χ0n) is 13.8. The number of carbonyl (C=O) groups excluding carboxylic acids is 1. The fourth-order valence-corrected chi connectivity index (χ4v) is 3.42. The summed E-state index contributed by atoms with van der Waals surface area (Å²) in [6.45, 7) is 4.63. The predicted octanol–water partition coefficient (Wildman–Crippen LogP) is 2.27. The number of hydrogen-bond donors (Lipinski definition) is 0. The number of aromatic nitrogens is 2. The van der Waals surface area contributed by atoms with Crippen LogP contribution in [0.4, 0.5) is 0 Å². The van der Waals surface area contributed by atoms with Crippen LogP contribution in [0, 0.1) is 6.92 Å². The van der Waals surface area contributed by atoms with Gasteiger partial charge in [-0.1, -0.05) is 0 Å². The molecule has 0 N–H and O–H groups in total. The summed E-state index contributed by atoms with van der Waals surface area (Å²) < 4.78 is 13.0. The second-order valence-electron chi connectivity index (χ2n) is 6.39. The zero-order chi connectivity index (χ0) is 16.5. The third kappa shape index (κ3) is 2.84. The monoisotopic (exact) mass is 327 g/mol. The van der Waals surface area contributed by atoms with E-state index in [9.17, 15) is 4.79 Å². The summed E-state index contributed by atoms with van der Waals surface area (Å²) in [5, 5.41) is 4.35. The molecular weight excluding hydrogens is 306 g/mol. The Morgan fingerprint density at radius 3 is 2.92 bits per heavy atom. The Morgan fingerprint density at radius 2 is 2.12 bits per heavy atom. The minimum absolute atomic E-state index is 0.0540. The molecule has 0 aliphatic carbocycles. The maximum absolute atomic E-state index is 12.9. The van der Waals surface area contributed by atoms with Crippen LogP contribution in [0.1, 0.15) is 28.8 Å². The number of hydrogen-bond acceptors (Lipinski definition) is 4. The van der Waals surface area contributed by atoms with E-state index < -0.39 is 0 Å². The molecule has 0 spiro atoms. The van der Waals surface area contributed by atoms with Gasteiger partial charge in [0.25, 0.3) is 5.91 Å². The molecule has 1 atom stereocenters. The van der Waals surface area contributed by atoms with Crippen LogP contribution in [-0.2, 0) is 6.54 Å². The lowest BCUT2D eigenvalue weighted by molar-refractivity contribution is 0.0720. The summed E-state index contributed by atoms with van der Waals surface area (Å²) in [4.78, 5) is 14.9. The van der Waals surface area contributed by atoms with Gasteiger partial charge in [0.2, 0.25) is 0 Å². The number of aryl methyl sites for hydroxylation is 1. The Morgan fingerprint density at radius 1 is 1.29 bits per heavy atom. The molecule has 1 aromatic carbocycles. The van der Waals surface area contributed by atoms with Gasteiger partial charge in [-0.2, -0.15) is 5.10 Å². The van der Waals surface area contributed by atoms with Crippen LogP contribution in [0.15, 0.2) is 30.6 Å². The van der Waals surface area contributed by atoms with Crippen LogP contribution in [0.3, 0.4) is 0 Å². The molecule has 1 amide bonds. The van der Waals surface area contributed by atoms with Crippen molar-refractivity contribution in [2.75, 3.05) is 19.8 Å². The molecule has 1 saturated heterocycles. The maximum atomic E-state index is 12.9. The molecule has 0 saturated carbocycles. The lowest BCUT2D eigenvalue weighted by atomic mass is 10.1. The molecule has 0 bridgehead atoms. The van der Waals surface area contributed by atoms with Gasteiger partial charge in [0.15, 0.2) is 11.5 Å². The van der Waals surface area contributed by atoms with Gasteiger partial charge in [0, 0.05) is 18.3 Å². The number of benzene rings is 1. The molecule has 1 aromatic heterocycles. The third-order valence-electron chi connectivity index (χ3n) is 4.59. The molecule has 24 heavy (non-hydrogen) atoms. The van der Waals surface area contributed by atoms with Crippen LogP contribution in [0.2, 0.25) is 0 Å². The fourth-order valence-electron chi connectivity index (χ4n) is 3.42. The van der Waals surface area contributed by atoms with Crippen molar-refractivity contribution >= 4 is 5.91 Å². The number of amides is 1. The van der Waals surface area contributed by atoms with Crippen LogP contribution in [0.25, 0.3) is 0 Å². The first-order valence-corrected chi connectivity index (χ1v) is 8.40. The Labute approximate surface area is 141 Å². The molecule has 1 fully saturated rings. The van der Waals surface area contributed by atoms with Gasteiger partial charge < -0.3 is 14.4 Å². The van der Waals surface area contributed by atoms with Crippen molar-refractivity contribution in [1.29, 1.82) is 0 Å². The fraction of sp³-hybridized carbons (Fsp3) is 0.444. The SMILES string of the molecule is Cc1cnn(C[C@@H]2CCCN2C(=O)c2ccc3c(c2)OCCO3)c1. The van der Waals surface area contributed by atoms with E-state index in [1.165, 1.54) is 0 Å². The highest BCUT2D eigenvalue weighted by atomic mass is 16.6. The third-order valence-corrected chi connectivity index (χ3v) is 4.59. The van der Waals surface area contributed by atoms with E-state index in [1.54, 1.807) is 6.07 Å². The van der Waals surface area contributed by atoms with Gasteiger partial charge in [-0.25, -0.2) is 0 Å². The van der Waals surface area contributed by atoms with Crippen molar-refractivity contribution in [3.05, 3.63) is 41.7 Å². The van der Waals surface area contributed by atoms with Gasteiger partial charge in [0.05, 0.1) is 18.8 Å². The first-order chi connectivity index (χ1) is 11.7. The van der Waals surface area contributed by atoms with E-state index in [-0.39, 0.29) is 11.9 Å². The number of carbonyl (C=O) groups is 1. The predicted molar refractivity (Wildman–Crippen MR) is 88.5 cm³/mol. The quantitative estimate of drug-likeness (QED) is 0.868.